The van der Waals surface area contributed by atoms with Gasteiger partial charge in [-0.2, -0.15) is 0 Å². The van der Waals surface area contributed by atoms with Crippen LogP contribution in [0.15, 0.2) is 24.3 Å². The quantitative estimate of drug-likeness (QED) is 0.874. The van der Waals surface area contributed by atoms with Gasteiger partial charge in [-0.1, -0.05) is 26.7 Å². The van der Waals surface area contributed by atoms with Gasteiger partial charge in [-0.25, -0.2) is 0 Å². The highest BCUT2D eigenvalue weighted by molar-refractivity contribution is 5.94. The molecule has 0 aliphatic heterocycles. The van der Waals surface area contributed by atoms with E-state index in [1.165, 1.54) is 6.42 Å². The third-order valence-electron chi connectivity index (χ3n) is 4.52. The van der Waals surface area contributed by atoms with Crippen LogP contribution in [0.4, 0.5) is 0 Å². The molecule has 0 aromatic heterocycles. The van der Waals surface area contributed by atoms with Gasteiger partial charge in [-0.15, -0.1) is 0 Å². The second-order valence-corrected chi connectivity index (χ2v) is 6.13. The molecule has 22 heavy (non-hydrogen) atoms. The van der Waals surface area contributed by atoms with Crippen LogP contribution in [0, 0.1) is 11.8 Å². The molecule has 0 bridgehead atoms. The normalized spacial score (nSPS) is 24.5. The first-order valence-corrected chi connectivity index (χ1v) is 7.79. The van der Waals surface area contributed by atoms with Gasteiger partial charge in [-0.3, -0.25) is 9.59 Å². The molecule has 3 unspecified atom stereocenters. The molecule has 0 saturated heterocycles. The first-order chi connectivity index (χ1) is 10.5. The van der Waals surface area contributed by atoms with Crippen molar-refractivity contribution in [1.82, 2.24) is 5.32 Å². The maximum Gasteiger partial charge on any atom is 0.255 e. The van der Waals surface area contributed by atoms with E-state index in [0.717, 1.165) is 12.8 Å². The van der Waals surface area contributed by atoms with E-state index in [9.17, 15) is 9.59 Å². The van der Waals surface area contributed by atoms with Gasteiger partial charge in [0.15, 0.2) is 6.61 Å². The minimum atomic E-state index is -0.526. The maximum atomic E-state index is 12.3. The Morgan fingerprint density at radius 3 is 2.55 bits per heavy atom. The molecule has 0 radical (unpaired) electrons. The maximum absolute atomic E-state index is 12.3. The van der Waals surface area contributed by atoms with Crippen molar-refractivity contribution >= 4 is 11.8 Å². The molecule has 0 spiro atoms. The number of carbonyl (C=O) groups is 2. The largest absolute Gasteiger partial charge is 0.484 e. The van der Waals surface area contributed by atoms with Gasteiger partial charge in [0, 0.05) is 11.6 Å². The summed E-state index contributed by atoms with van der Waals surface area (Å²) in [7, 11) is 0. The smallest absolute Gasteiger partial charge is 0.255 e. The lowest BCUT2D eigenvalue weighted by atomic mass is 9.78. The zero-order chi connectivity index (χ0) is 16.1. The van der Waals surface area contributed by atoms with Crippen molar-refractivity contribution in [2.24, 2.45) is 17.6 Å². The molecule has 3 atom stereocenters. The fourth-order valence-electron chi connectivity index (χ4n) is 2.89. The van der Waals surface area contributed by atoms with E-state index in [-0.39, 0.29) is 18.6 Å². The Hall–Kier alpha value is -2.04. The van der Waals surface area contributed by atoms with Crippen LogP contribution in [0.25, 0.3) is 0 Å². The van der Waals surface area contributed by atoms with Crippen LogP contribution < -0.4 is 15.8 Å². The Labute approximate surface area is 131 Å². The summed E-state index contributed by atoms with van der Waals surface area (Å²) < 4.78 is 5.18. The van der Waals surface area contributed by atoms with E-state index >= 15 is 0 Å². The molecular formula is C17H24N2O3. The molecule has 1 fully saturated rings. The molecule has 5 heteroatoms. The van der Waals surface area contributed by atoms with Crippen LogP contribution in [0.3, 0.4) is 0 Å². The highest BCUT2D eigenvalue weighted by Crippen LogP contribution is 2.29. The van der Waals surface area contributed by atoms with E-state index in [0.29, 0.717) is 23.1 Å². The highest BCUT2D eigenvalue weighted by atomic mass is 16.5. The number of hydrogen-bond acceptors (Lipinski definition) is 3. The number of hydrogen-bond donors (Lipinski definition) is 2. The van der Waals surface area contributed by atoms with Gasteiger partial charge >= 0.3 is 0 Å². The topological polar surface area (TPSA) is 81.4 Å². The molecule has 0 heterocycles. The zero-order valence-corrected chi connectivity index (χ0v) is 13.2. The first-order valence-electron chi connectivity index (χ1n) is 7.79. The SMILES string of the molecule is CC1CCCC(NC(=O)c2ccc(OCC(N)=O)cc2)C1C. The summed E-state index contributed by atoms with van der Waals surface area (Å²) in [4.78, 5) is 23.0. The zero-order valence-electron chi connectivity index (χ0n) is 13.2. The number of benzene rings is 1. The summed E-state index contributed by atoms with van der Waals surface area (Å²) >= 11 is 0. The summed E-state index contributed by atoms with van der Waals surface area (Å²) in [6.07, 6.45) is 3.44. The molecule has 2 amide bonds. The average Bonchev–Trinajstić information content (AvgIpc) is 2.50. The number of amides is 2. The number of ether oxygens (including phenoxy) is 1. The number of rotatable bonds is 5. The second-order valence-electron chi connectivity index (χ2n) is 6.13. The van der Waals surface area contributed by atoms with E-state index < -0.39 is 5.91 Å². The summed E-state index contributed by atoms with van der Waals surface area (Å²) in [6, 6.07) is 6.97. The fourth-order valence-corrected chi connectivity index (χ4v) is 2.89. The number of nitrogens with two attached hydrogens (primary N) is 1. The minimum Gasteiger partial charge on any atom is -0.484 e. The molecule has 120 valence electrons. The summed E-state index contributed by atoms with van der Waals surface area (Å²) in [6.45, 7) is 4.28. The van der Waals surface area contributed by atoms with Crippen molar-refractivity contribution in [2.75, 3.05) is 6.61 Å². The van der Waals surface area contributed by atoms with Crippen LogP contribution in [-0.4, -0.2) is 24.5 Å². The van der Waals surface area contributed by atoms with Crippen molar-refractivity contribution in [3.05, 3.63) is 29.8 Å². The second kappa shape index (κ2) is 7.29. The Bertz CT molecular complexity index is 527. The van der Waals surface area contributed by atoms with E-state index in [2.05, 4.69) is 19.2 Å². The molecule has 1 aliphatic carbocycles. The van der Waals surface area contributed by atoms with Gasteiger partial charge in [0.2, 0.25) is 0 Å². The summed E-state index contributed by atoms with van der Waals surface area (Å²) in [5.74, 6) is 1.07. The molecule has 3 N–H and O–H groups in total. The molecule has 1 aromatic carbocycles. The van der Waals surface area contributed by atoms with Crippen LogP contribution in [-0.2, 0) is 4.79 Å². The Kier molecular flexibility index (Phi) is 5.41. The predicted molar refractivity (Wildman–Crippen MR) is 84.6 cm³/mol. The lowest BCUT2D eigenvalue weighted by Crippen LogP contribution is -2.43. The minimum absolute atomic E-state index is 0.0626. The molecule has 1 aromatic rings. The summed E-state index contributed by atoms with van der Waals surface area (Å²) in [5.41, 5.74) is 5.61. The molecular weight excluding hydrogens is 280 g/mol. The highest BCUT2D eigenvalue weighted by Gasteiger charge is 2.28. The van der Waals surface area contributed by atoms with Crippen molar-refractivity contribution in [3.8, 4) is 5.75 Å². The lowest BCUT2D eigenvalue weighted by molar-refractivity contribution is -0.119. The molecule has 1 saturated carbocycles. The van der Waals surface area contributed by atoms with Crippen LogP contribution in [0.2, 0.25) is 0 Å². The van der Waals surface area contributed by atoms with Crippen molar-refractivity contribution in [3.63, 3.8) is 0 Å². The van der Waals surface area contributed by atoms with Crippen LogP contribution in [0.5, 0.6) is 5.75 Å². The van der Waals surface area contributed by atoms with Gasteiger partial charge < -0.3 is 15.8 Å². The standard InChI is InChI=1S/C17H24N2O3/c1-11-4-3-5-15(12(11)2)19-17(21)13-6-8-14(9-7-13)22-10-16(18)20/h6-9,11-12,15H,3-5,10H2,1-2H3,(H2,18,20)(H,19,21). The van der Waals surface area contributed by atoms with Gasteiger partial charge in [0.25, 0.3) is 11.8 Å². The van der Waals surface area contributed by atoms with Crippen molar-refractivity contribution in [1.29, 1.82) is 0 Å². The fraction of sp³-hybridized carbons (Fsp3) is 0.529. The van der Waals surface area contributed by atoms with Crippen molar-refractivity contribution in [2.45, 2.75) is 39.2 Å². The Morgan fingerprint density at radius 1 is 1.23 bits per heavy atom. The van der Waals surface area contributed by atoms with Crippen molar-refractivity contribution < 1.29 is 14.3 Å². The molecule has 2 rings (SSSR count). The lowest BCUT2D eigenvalue weighted by Gasteiger charge is -2.34. The van der Waals surface area contributed by atoms with Gasteiger partial charge in [-0.05, 0) is 42.5 Å². The van der Waals surface area contributed by atoms with E-state index in [4.69, 9.17) is 10.5 Å². The first kappa shape index (κ1) is 16.3. The molecule has 1 aliphatic rings. The predicted octanol–water partition coefficient (Wildman–Crippen LogP) is 2.11. The van der Waals surface area contributed by atoms with Crippen LogP contribution in [0.1, 0.15) is 43.5 Å². The Balaban J connectivity index is 1.93. The number of carbonyl (C=O) groups excluding carboxylic acids is 2. The Morgan fingerprint density at radius 2 is 1.91 bits per heavy atom. The van der Waals surface area contributed by atoms with E-state index in [1.807, 2.05) is 0 Å². The number of nitrogens with one attached hydrogen (secondary N) is 1. The third-order valence-corrected chi connectivity index (χ3v) is 4.52. The monoisotopic (exact) mass is 304 g/mol. The third kappa shape index (κ3) is 4.23. The summed E-state index contributed by atoms with van der Waals surface area (Å²) in [5, 5.41) is 3.13. The van der Waals surface area contributed by atoms with Gasteiger partial charge in [0.05, 0.1) is 0 Å². The van der Waals surface area contributed by atoms with Gasteiger partial charge in [0.1, 0.15) is 5.75 Å². The average molecular weight is 304 g/mol. The number of primary amides is 1. The van der Waals surface area contributed by atoms with E-state index in [1.54, 1.807) is 24.3 Å². The molecule has 5 nitrogen and oxygen atoms in total. The van der Waals surface area contributed by atoms with Crippen LogP contribution >= 0.6 is 0 Å².